The van der Waals surface area contributed by atoms with Crippen LogP contribution < -0.4 is 14.9 Å². The normalized spacial score (nSPS) is 11.0. The number of carbonyl (C=O) groups excluding carboxylic acids is 1. The lowest BCUT2D eigenvalue weighted by atomic mass is 10.2. The maximum Gasteiger partial charge on any atom is 0.343 e. The average Bonchev–Trinajstić information content (AvgIpc) is 3.31. The van der Waals surface area contributed by atoms with Crippen LogP contribution in [0, 0.1) is 0 Å². The van der Waals surface area contributed by atoms with Gasteiger partial charge in [-0.05, 0) is 67.1 Å². The van der Waals surface area contributed by atoms with Gasteiger partial charge in [0.05, 0.1) is 39.1 Å². The molecular formula is C25H17Cl4N3O3S. The number of esters is 1. The van der Waals surface area contributed by atoms with Crippen LogP contribution in [0.4, 0.5) is 5.13 Å². The molecule has 1 aromatic heterocycles. The molecule has 0 aliphatic carbocycles. The molecule has 0 aliphatic heterocycles. The second-order valence-corrected chi connectivity index (χ2v) is 9.71. The first-order chi connectivity index (χ1) is 17.3. The van der Waals surface area contributed by atoms with Gasteiger partial charge < -0.3 is 9.47 Å². The van der Waals surface area contributed by atoms with Gasteiger partial charge in [-0.1, -0.05) is 46.4 Å². The maximum atomic E-state index is 12.6. The van der Waals surface area contributed by atoms with Crippen LogP contribution in [0.1, 0.15) is 22.8 Å². The Labute approximate surface area is 231 Å². The summed E-state index contributed by atoms with van der Waals surface area (Å²) >= 11 is 25.5. The van der Waals surface area contributed by atoms with Crippen LogP contribution in [0.25, 0.3) is 11.3 Å². The third kappa shape index (κ3) is 6.49. The fourth-order valence-corrected chi connectivity index (χ4v) is 4.51. The quantitative estimate of drug-likeness (QED) is 0.0978. The Hall–Kier alpha value is -2.81. The van der Waals surface area contributed by atoms with Gasteiger partial charge in [0.1, 0.15) is 0 Å². The van der Waals surface area contributed by atoms with Gasteiger partial charge in [0.15, 0.2) is 11.5 Å². The number of ether oxygens (including phenoxy) is 2. The van der Waals surface area contributed by atoms with Crippen molar-refractivity contribution in [3.05, 3.63) is 91.2 Å². The van der Waals surface area contributed by atoms with Gasteiger partial charge in [-0.3, -0.25) is 5.43 Å². The van der Waals surface area contributed by atoms with Crippen molar-refractivity contribution >= 4 is 75.1 Å². The molecule has 0 atom stereocenters. The van der Waals surface area contributed by atoms with E-state index in [9.17, 15) is 4.79 Å². The number of benzene rings is 3. The number of nitrogens with one attached hydrogen (secondary N) is 1. The zero-order valence-electron chi connectivity index (χ0n) is 18.6. The molecule has 184 valence electrons. The summed E-state index contributed by atoms with van der Waals surface area (Å²) in [4.78, 5) is 17.1. The van der Waals surface area contributed by atoms with Crippen LogP contribution in [0.15, 0.2) is 65.1 Å². The number of nitrogens with zero attached hydrogens (tertiary/aromatic N) is 2. The first-order valence-electron chi connectivity index (χ1n) is 10.5. The summed E-state index contributed by atoms with van der Waals surface area (Å²) in [7, 11) is 0. The molecule has 1 N–H and O–H groups in total. The highest BCUT2D eigenvalue weighted by atomic mass is 35.5. The molecular weight excluding hydrogens is 564 g/mol. The molecule has 0 aliphatic rings. The number of thiazole rings is 1. The molecule has 0 saturated heterocycles. The van der Waals surface area contributed by atoms with E-state index in [2.05, 4.69) is 15.5 Å². The van der Waals surface area contributed by atoms with Crippen molar-refractivity contribution in [3.8, 4) is 22.8 Å². The summed E-state index contributed by atoms with van der Waals surface area (Å²) in [6.07, 6.45) is 1.60. The summed E-state index contributed by atoms with van der Waals surface area (Å²) in [5, 5.41) is 8.39. The van der Waals surface area contributed by atoms with Crippen molar-refractivity contribution < 1.29 is 14.3 Å². The highest BCUT2D eigenvalue weighted by Crippen LogP contribution is 2.33. The number of hydrogen-bond donors (Lipinski definition) is 1. The minimum atomic E-state index is -0.585. The minimum Gasteiger partial charge on any atom is -0.490 e. The first kappa shape index (κ1) is 26.3. The zero-order chi connectivity index (χ0) is 25.7. The van der Waals surface area contributed by atoms with Crippen molar-refractivity contribution in [3.63, 3.8) is 0 Å². The molecule has 6 nitrogen and oxygen atoms in total. The molecule has 0 bridgehead atoms. The molecule has 36 heavy (non-hydrogen) atoms. The van der Waals surface area contributed by atoms with Gasteiger partial charge >= 0.3 is 5.97 Å². The lowest BCUT2D eigenvalue weighted by Gasteiger charge is -2.11. The largest absolute Gasteiger partial charge is 0.490 e. The molecule has 0 fully saturated rings. The van der Waals surface area contributed by atoms with Crippen LogP contribution >= 0.6 is 57.7 Å². The Morgan fingerprint density at radius 3 is 2.58 bits per heavy atom. The lowest BCUT2D eigenvalue weighted by Crippen LogP contribution is -2.10. The van der Waals surface area contributed by atoms with Crippen LogP contribution in [-0.2, 0) is 0 Å². The van der Waals surface area contributed by atoms with Crippen LogP contribution in [0.3, 0.4) is 0 Å². The van der Waals surface area contributed by atoms with Crippen LogP contribution in [0.2, 0.25) is 20.1 Å². The summed E-state index contributed by atoms with van der Waals surface area (Å²) in [6, 6.07) is 14.9. The van der Waals surface area contributed by atoms with Crippen LogP contribution in [-0.4, -0.2) is 23.8 Å². The number of carbonyl (C=O) groups is 1. The summed E-state index contributed by atoms with van der Waals surface area (Å²) in [5.74, 6) is 0.0733. The third-order valence-corrected chi connectivity index (χ3v) is 6.74. The second kappa shape index (κ2) is 12.0. The van der Waals surface area contributed by atoms with Gasteiger partial charge in [-0.2, -0.15) is 5.10 Å². The molecule has 0 amide bonds. The van der Waals surface area contributed by atoms with E-state index in [-0.39, 0.29) is 16.3 Å². The molecule has 3 aromatic carbocycles. The Morgan fingerprint density at radius 2 is 1.83 bits per heavy atom. The predicted octanol–water partition coefficient (Wildman–Crippen LogP) is 8.49. The van der Waals surface area contributed by atoms with E-state index >= 15 is 0 Å². The number of rotatable bonds is 8. The third-order valence-electron chi connectivity index (χ3n) is 4.71. The monoisotopic (exact) mass is 579 g/mol. The summed E-state index contributed by atoms with van der Waals surface area (Å²) < 4.78 is 11.2. The molecule has 11 heteroatoms. The summed E-state index contributed by atoms with van der Waals surface area (Å²) in [6.45, 7) is 2.21. The Morgan fingerprint density at radius 1 is 1.00 bits per heavy atom. The molecule has 4 rings (SSSR count). The van der Waals surface area contributed by atoms with Gasteiger partial charge in [0, 0.05) is 16.0 Å². The number of hydrazone groups is 1. The molecule has 1 heterocycles. The van der Waals surface area contributed by atoms with Crippen molar-refractivity contribution in [2.24, 2.45) is 5.10 Å². The van der Waals surface area contributed by atoms with Gasteiger partial charge in [0.2, 0.25) is 5.13 Å². The first-order valence-corrected chi connectivity index (χ1v) is 12.9. The second-order valence-electron chi connectivity index (χ2n) is 7.19. The van der Waals surface area contributed by atoms with Crippen molar-refractivity contribution in [2.45, 2.75) is 6.92 Å². The minimum absolute atomic E-state index is 0.263. The number of halogens is 4. The predicted molar refractivity (Wildman–Crippen MR) is 148 cm³/mol. The fourth-order valence-electron chi connectivity index (χ4n) is 3.05. The average molecular weight is 581 g/mol. The van der Waals surface area contributed by atoms with E-state index in [0.29, 0.717) is 38.2 Å². The SMILES string of the molecule is CCOc1cc(C=NNc2nc(-c3ccc(Cl)cc3Cl)cs2)ccc1OC(=O)c1ccc(Cl)c(Cl)c1. The number of hydrogen-bond acceptors (Lipinski definition) is 7. The molecule has 0 radical (unpaired) electrons. The van der Waals surface area contributed by atoms with E-state index < -0.39 is 5.97 Å². The van der Waals surface area contributed by atoms with E-state index in [0.717, 1.165) is 11.1 Å². The zero-order valence-corrected chi connectivity index (χ0v) is 22.4. The summed E-state index contributed by atoms with van der Waals surface area (Å²) in [5.41, 5.74) is 5.38. The van der Waals surface area contributed by atoms with Crippen LogP contribution in [0.5, 0.6) is 11.5 Å². The van der Waals surface area contributed by atoms with Gasteiger partial charge in [-0.15, -0.1) is 11.3 Å². The standard InChI is InChI=1S/C25H17Cl4N3O3S/c1-2-34-23-9-14(3-8-22(23)35-24(33)15-4-7-18(27)20(29)10-15)12-30-32-25-31-21(13-36-25)17-6-5-16(26)11-19(17)28/h3-13H,2H2,1H3,(H,31,32). The molecule has 0 saturated carbocycles. The highest BCUT2D eigenvalue weighted by molar-refractivity contribution is 7.14. The van der Waals surface area contributed by atoms with Crippen molar-refractivity contribution in [1.82, 2.24) is 4.98 Å². The van der Waals surface area contributed by atoms with Crippen molar-refractivity contribution in [2.75, 3.05) is 12.0 Å². The van der Waals surface area contributed by atoms with Gasteiger partial charge in [-0.25, -0.2) is 9.78 Å². The molecule has 0 unspecified atom stereocenters. The van der Waals surface area contributed by atoms with Crippen molar-refractivity contribution in [1.29, 1.82) is 0 Å². The number of aromatic nitrogens is 1. The maximum absolute atomic E-state index is 12.6. The van der Waals surface area contributed by atoms with E-state index in [1.807, 2.05) is 18.4 Å². The van der Waals surface area contributed by atoms with Gasteiger partial charge in [0.25, 0.3) is 0 Å². The Balaban J connectivity index is 1.45. The highest BCUT2D eigenvalue weighted by Gasteiger charge is 2.15. The topological polar surface area (TPSA) is 72.8 Å². The molecule has 4 aromatic rings. The lowest BCUT2D eigenvalue weighted by molar-refractivity contribution is 0.0728. The van der Waals surface area contributed by atoms with E-state index in [1.54, 1.807) is 36.5 Å². The smallest absolute Gasteiger partial charge is 0.343 e. The Kier molecular flexibility index (Phi) is 8.72. The van der Waals surface area contributed by atoms with E-state index in [4.69, 9.17) is 55.9 Å². The number of anilines is 1. The molecule has 0 spiro atoms. The Bertz CT molecular complexity index is 1440. The van der Waals surface area contributed by atoms with E-state index in [1.165, 1.54) is 29.5 Å². The fraction of sp³-hybridized carbons (Fsp3) is 0.0800.